The molecule has 1 heterocycles. The molecule has 2 fully saturated rings. The van der Waals surface area contributed by atoms with Crippen molar-refractivity contribution in [2.75, 3.05) is 13.6 Å². The first kappa shape index (κ1) is 24.9. The molecule has 0 bridgehead atoms. The molecule has 0 aromatic rings. The second-order valence-electron chi connectivity index (χ2n) is 8.63. The predicted molar refractivity (Wildman–Crippen MR) is 111 cm³/mol. The zero-order valence-electron chi connectivity index (χ0n) is 18.8. The van der Waals surface area contributed by atoms with Crippen LogP contribution in [0.4, 0.5) is 0 Å². The molecule has 33 heavy (non-hydrogen) atoms. The van der Waals surface area contributed by atoms with Crippen molar-refractivity contribution >= 4 is 23.9 Å². The summed E-state index contributed by atoms with van der Waals surface area (Å²) >= 11 is 0. The van der Waals surface area contributed by atoms with Crippen LogP contribution in [-0.2, 0) is 47.6 Å². The Hall–Kier alpha value is -2.78. The third-order valence-corrected chi connectivity index (χ3v) is 6.34. The lowest BCUT2D eigenvalue weighted by Crippen LogP contribution is -2.50. The van der Waals surface area contributed by atoms with Crippen LogP contribution in [0.3, 0.4) is 0 Å². The van der Waals surface area contributed by atoms with Crippen LogP contribution in [0.5, 0.6) is 0 Å². The smallest absolute Gasteiger partial charge is 0.439 e. The quantitative estimate of drug-likeness (QED) is 0.239. The Bertz CT molecular complexity index is 659. The van der Waals surface area contributed by atoms with Crippen molar-refractivity contribution in [2.45, 2.75) is 82.8 Å². The Kier molecular flexibility index (Phi) is 9.38. The largest absolute Gasteiger partial charge is 0.452 e. The molecule has 2 aliphatic carbocycles. The minimum Gasteiger partial charge on any atom is -0.439 e. The van der Waals surface area contributed by atoms with Crippen LogP contribution in [0, 0.1) is 11.8 Å². The van der Waals surface area contributed by atoms with E-state index in [0.717, 1.165) is 51.0 Å². The Labute approximate surface area is 192 Å². The van der Waals surface area contributed by atoms with Gasteiger partial charge in [-0.05, 0) is 24.7 Å². The van der Waals surface area contributed by atoms with Crippen LogP contribution in [0.2, 0.25) is 0 Å². The lowest BCUT2D eigenvalue weighted by molar-refractivity contribution is -0.227. The summed E-state index contributed by atoms with van der Waals surface area (Å²) in [5.74, 6) is -4.98. The highest BCUT2D eigenvalue weighted by Crippen LogP contribution is 2.29. The predicted octanol–water partition coefficient (Wildman–Crippen LogP) is 3.23. The van der Waals surface area contributed by atoms with Crippen LogP contribution in [0.15, 0.2) is 12.5 Å². The average Bonchev–Trinajstić information content (AvgIpc) is 3.59. The van der Waals surface area contributed by atoms with Crippen LogP contribution in [0.1, 0.15) is 77.0 Å². The number of hydrogen-bond donors (Lipinski definition) is 0. The van der Waals surface area contributed by atoms with E-state index in [1.165, 1.54) is 25.7 Å². The number of carbonyl (C=O) groups excluding carboxylic acids is 4. The number of hydrogen-bond acceptors (Lipinski definition) is 10. The molecule has 0 aromatic heterocycles. The zero-order valence-corrected chi connectivity index (χ0v) is 18.8. The molecule has 0 N–H and O–H groups in total. The maximum Gasteiger partial charge on any atom is 0.452 e. The summed E-state index contributed by atoms with van der Waals surface area (Å²) in [6.07, 6.45) is 13.1. The molecule has 3 aliphatic rings. The summed E-state index contributed by atoms with van der Waals surface area (Å²) in [6, 6.07) is 0. The monoisotopic (exact) mass is 468 g/mol. The van der Waals surface area contributed by atoms with Crippen LogP contribution < -0.4 is 0 Å². The van der Waals surface area contributed by atoms with Gasteiger partial charge >= 0.3 is 29.7 Å². The van der Waals surface area contributed by atoms with E-state index in [1.807, 2.05) is 0 Å². The van der Waals surface area contributed by atoms with E-state index in [-0.39, 0.29) is 12.8 Å². The van der Waals surface area contributed by atoms with Gasteiger partial charge in [-0.25, -0.2) is 9.59 Å². The SMILES string of the molecule is O=C(CCC1CCCC1)OCOC(=O)C1(C(=O)OCOC(=O)CCC2CCCC2)OC=CO1. The van der Waals surface area contributed by atoms with Crippen molar-refractivity contribution < 1.29 is 47.6 Å². The zero-order chi connectivity index (χ0) is 23.5. The molecule has 0 unspecified atom stereocenters. The second kappa shape index (κ2) is 12.5. The first-order valence-corrected chi connectivity index (χ1v) is 11.7. The molecule has 184 valence electrons. The van der Waals surface area contributed by atoms with Gasteiger partial charge in [0.2, 0.25) is 13.6 Å². The van der Waals surface area contributed by atoms with Crippen molar-refractivity contribution in [3.63, 3.8) is 0 Å². The fourth-order valence-electron chi connectivity index (χ4n) is 4.42. The highest BCUT2D eigenvalue weighted by Gasteiger charge is 2.57. The van der Waals surface area contributed by atoms with Gasteiger partial charge in [0, 0.05) is 12.8 Å². The van der Waals surface area contributed by atoms with E-state index in [2.05, 4.69) is 0 Å². The molecule has 0 spiro atoms. The molecule has 1 aliphatic heterocycles. The molecule has 0 saturated heterocycles. The van der Waals surface area contributed by atoms with Gasteiger partial charge in [-0.2, -0.15) is 0 Å². The van der Waals surface area contributed by atoms with Gasteiger partial charge in [-0.1, -0.05) is 51.4 Å². The topological polar surface area (TPSA) is 124 Å². The van der Waals surface area contributed by atoms with E-state index in [4.69, 9.17) is 28.4 Å². The highest BCUT2D eigenvalue weighted by molar-refractivity contribution is 6.02. The first-order chi connectivity index (χ1) is 16.0. The second-order valence-corrected chi connectivity index (χ2v) is 8.63. The Morgan fingerprint density at radius 2 is 1.06 bits per heavy atom. The minimum atomic E-state index is -2.54. The van der Waals surface area contributed by atoms with Crippen molar-refractivity contribution in [3.8, 4) is 0 Å². The normalized spacial score (nSPS) is 19.5. The molecular weight excluding hydrogens is 436 g/mol. The molecule has 2 saturated carbocycles. The summed E-state index contributed by atoms with van der Waals surface area (Å²) in [6.45, 7) is -1.39. The van der Waals surface area contributed by atoms with E-state index >= 15 is 0 Å². The molecule has 10 heteroatoms. The molecule has 3 rings (SSSR count). The van der Waals surface area contributed by atoms with E-state index < -0.39 is 43.3 Å². The summed E-state index contributed by atoms with van der Waals surface area (Å²) in [5, 5.41) is 0. The number of esters is 4. The lowest BCUT2D eigenvalue weighted by Gasteiger charge is -2.22. The fraction of sp³-hybridized carbons (Fsp3) is 0.739. The lowest BCUT2D eigenvalue weighted by atomic mass is 10.0. The standard InChI is InChI=1S/C23H32O10/c24-19(11-9-17-5-1-2-6-17)28-15-30-21(26)23(32-13-14-33-23)22(27)31-16-29-20(25)12-10-18-7-3-4-8-18/h13-14,17-18H,1-12,15-16H2. The van der Waals surface area contributed by atoms with Gasteiger partial charge in [0.05, 0.1) is 0 Å². The summed E-state index contributed by atoms with van der Waals surface area (Å²) < 4.78 is 29.4. The first-order valence-electron chi connectivity index (χ1n) is 11.7. The van der Waals surface area contributed by atoms with Crippen LogP contribution in [-0.4, -0.2) is 43.3 Å². The Balaban J connectivity index is 1.34. The minimum absolute atomic E-state index is 0.232. The van der Waals surface area contributed by atoms with E-state index in [0.29, 0.717) is 11.8 Å². The van der Waals surface area contributed by atoms with Crippen LogP contribution in [0.25, 0.3) is 0 Å². The van der Waals surface area contributed by atoms with Crippen molar-refractivity contribution in [1.29, 1.82) is 0 Å². The van der Waals surface area contributed by atoms with Gasteiger partial charge < -0.3 is 28.4 Å². The van der Waals surface area contributed by atoms with E-state index in [1.54, 1.807) is 0 Å². The van der Waals surface area contributed by atoms with E-state index in [9.17, 15) is 19.2 Å². The number of ether oxygens (including phenoxy) is 6. The van der Waals surface area contributed by atoms with Crippen LogP contribution >= 0.6 is 0 Å². The molecular formula is C23H32O10. The average molecular weight is 468 g/mol. The highest BCUT2D eigenvalue weighted by atomic mass is 16.8. The molecule has 10 nitrogen and oxygen atoms in total. The van der Waals surface area contributed by atoms with Gasteiger partial charge in [-0.3, -0.25) is 9.59 Å². The van der Waals surface area contributed by atoms with Crippen molar-refractivity contribution in [1.82, 2.24) is 0 Å². The summed E-state index contributed by atoms with van der Waals surface area (Å²) in [4.78, 5) is 48.4. The Morgan fingerprint density at radius 3 is 1.45 bits per heavy atom. The number of carbonyl (C=O) groups is 4. The number of rotatable bonds is 12. The maximum absolute atomic E-state index is 12.4. The Morgan fingerprint density at radius 1 is 0.667 bits per heavy atom. The molecule has 0 atom stereocenters. The maximum atomic E-state index is 12.4. The summed E-state index contributed by atoms with van der Waals surface area (Å²) in [5.41, 5.74) is 0. The van der Waals surface area contributed by atoms with Gasteiger partial charge in [0.25, 0.3) is 0 Å². The van der Waals surface area contributed by atoms with Crippen molar-refractivity contribution in [3.05, 3.63) is 12.5 Å². The van der Waals surface area contributed by atoms with Gasteiger partial charge in [0.1, 0.15) is 12.5 Å². The van der Waals surface area contributed by atoms with Crippen molar-refractivity contribution in [2.24, 2.45) is 11.8 Å². The molecule has 0 amide bonds. The fourth-order valence-corrected chi connectivity index (χ4v) is 4.42. The molecule has 0 radical (unpaired) electrons. The molecule has 0 aromatic carbocycles. The third kappa shape index (κ3) is 7.36. The third-order valence-electron chi connectivity index (χ3n) is 6.34. The van der Waals surface area contributed by atoms with Gasteiger partial charge in [0.15, 0.2) is 0 Å². The summed E-state index contributed by atoms with van der Waals surface area (Å²) in [7, 11) is 0. The van der Waals surface area contributed by atoms with Gasteiger partial charge in [-0.15, -0.1) is 0 Å².